The molecular formula is C16H34IN3O2. The first-order chi connectivity index (χ1) is 10.2. The van der Waals surface area contributed by atoms with Gasteiger partial charge in [0.1, 0.15) is 0 Å². The zero-order valence-electron chi connectivity index (χ0n) is 14.7. The van der Waals surface area contributed by atoms with Gasteiger partial charge in [0.25, 0.3) is 0 Å². The van der Waals surface area contributed by atoms with Crippen LogP contribution in [0.15, 0.2) is 4.99 Å². The number of halogens is 1. The third-order valence-electron chi connectivity index (χ3n) is 3.32. The van der Waals surface area contributed by atoms with Gasteiger partial charge in [0, 0.05) is 33.6 Å². The number of carbonyl (C=O) groups is 1. The van der Waals surface area contributed by atoms with E-state index in [9.17, 15) is 4.79 Å². The summed E-state index contributed by atoms with van der Waals surface area (Å²) in [5, 5.41) is 3.38. The molecule has 0 aromatic carbocycles. The molecule has 5 nitrogen and oxygen atoms in total. The Bertz CT molecular complexity index is 299. The minimum absolute atomic E-state index is 0. The molecule has 0 aliphatic rings. The molecule has 0 saturated heterocycles. The van der Waals surface area contributed by atoms with Crippen molar-refractivity contribution in [2.24, 2.45) is 4.99 Å². The van der Waals surface area contributed by atoms with Crippen molar-refractivity contribution in [2.45, 2.75) is 58.8 Å². The van der Waals surface area contributed by atoms with Gasteiger partial charge in [-0.25, -0.2) is 0 Å². The molecule has 0 fully saturated rings. The summed E-state index contributed by atoms with van der Waals surface area (Å²) in [7, 11) is 3.90. The predicted octanol–water partition coefficient (Wildman–Crippen LogP) is 3.43. The Kier molecular flexibility index (Phi) is 18.2. The molecule has 0 aromatic heterocycles. The Labute approximate surface area is 153 Å². The largest absolute Gasteiger partial charge is 0.466 e. The lowest BCUT2D eigenvalue weighted by atomic mass is 10.1. The topological polar surface area (TPSA) is 53.9 Å². The number of hydrogen-bond donors (Lipinski definition) is 1. The summed E-state index contributed by atoms with van der Waals surface area (Å²) in [5.74, 6) is 0.892. The molecule has 0 aromatic rings. The van der Waals surface area contributed by atoms with Crippen molar-refractivity contribution in [3.63, 3.8) is 0 Å². The molecule has 1 N–H and O–H groups in total. The standard InChI is InChI=1S/C16H33N3O2.HI/c1-5-7-14-19(4)16(17-3)18-13-11-9-8-10-12-15(20)21-6-2;/h5-14H2,1-4H3,(H,17,18);1H. The van der Waals surface area contributed by atoms with Gasteiger partial charge in [-0.05, 0) is 26.2 Å². The number of esters is 1. The zero-order valence-corrected chi connectivity index (χ0v) is 17.0. The van der Waals surface area contributed by atoms with Crippen LogP contribution in [-0.4, -0.2) is 50.6 Å². The van der Waals surface area contributed by atoms with Gasteiger partial charge in [0.2, 0.25) is 0 Å². The molecule has 6 heteroatoms. The fraction of sp³-hybridized carbons (Fsp3) is 0.875. The number of unbranched alkanes of at least 4 members (excludes halogenated alkanes) is 4. The monoisotopic (exact) mass is 427 g/mol. The van der Waals surface area contributed by atoms with Crippen LogP contribution in [0, 0.1) is 0 Å². The second-order valence-electron chi connectivity index (χ2n) is 5.22. The van der Waals surface area contributed by atoms with Gasteiger partial charge in [0.05, 0.1) is 6.61 Å². The summed E-state index contributed by atoms with van der Waals surface area (Å²) in [5.41, 5.74) is 0. The van der Waals surface area contributed by atoms with Gasteiger partial charge >= 0.3 is 5.97 Å². The molecule has 0 radical (unpaired) electrons. The summed E-state index contributed by atoms with van der Waals surface area (Å²) in [6, 6.07) is 0. The first kappa shape index (κ1) is 23.7. The average molecular weight is 427 g/mol. The normalized spacial score (nSPS) is 10.8. The number of nitrogens with one attached hydrogen (secondary N) is 1. The fourth-order valence-electron chi connectivity index (χ4n) is 2.07. The van der Waals surface area contributed by atoms with E-state index in [0.717, 1.165) is 44.7 Å². The van der Waals surface area contributed by atoms with Gasteiger partial charge < -0.3 is 15.0 Å². The number of nitrogens with zero attached hydrogens (tertiary/aromatic N) is 2. The molecule has 0 atom stereocenters. The van der Waals surface area contributed by atoms with Crippen LogP contribution >= 0.6 is 24.0 Å². The third kappa shape index (κ3) is 13.2. The second-order valence-corrected chi connectivity index (χ2v) is 5.22. The summed E-state index contributed by atoms with van der Waals surface area (Å²) in [4.78, 5) is 17.6. The van der Waals surface area contributed by atoms with Crippen LogP contribution in [0.5, 0.6) is 0 Å². The minimum atomic E-state index is -0.0754. The first-order valence-electron chi connectivity index (χ1n) is 8.23. The number of guanidine groups is 1. The maximum absolute atomic E-state index is 11.2. The van der Waals surface area contributed by atoms with E-state index >= 15 is 0 Å². The summed E-state index contributed by atoms with van der Waals surface area (Å²) in [6.07, 6.45) is 7.15. The first-order valence-corrected chi connectivity index (χ1v) is 8.23. The van der Waals surface area contributed by atoms with Crippen LogP contribution < -0.4 is 5.32 Å². The molecular weight excluding hydrogens is 393 g/mol. The molecule has 0 heterocycles. The Morgan fingerprint density at radius 1 is 1.14 bits per heavy atom. The lowest BCUT2D eigenvalue weighted by molar-refractivity contribution is -0.143. The number of rotatable bonds is 11. The molecule has 0 aliphatic carbocycles. The van der Waals surface area contributed by atoms with Crippen molar-refractivity contribution in [1.29, 1.82) is 0 Å². The van der Waals surface area contributed by atoms with Crippen molar-refractivity contribution in [2.75, 3.05) is 33.8 Å². The highest BCUT2D eigenvalue weighted by molar-refractivity contribution is 14.0. The molecule has 0 unspecified atom stereocenters. The Balaban J connectivity index is 0. The number of ether oxygens (including phenoxy) is 1. The van der Waals surface area contributed by atoms with Crippen LogP contribution in [0.1, 0.15) is 58.8 Å². The van der Waals surface area contributed by atoms with Crippen molar-refractivity contribution < 1.29 is 9.53 Å². The predicted molar refractivity (Wildman–Crippen MR) is 104 cm³/mol. The van der Waals surface area contributed by atoms with E-state index in [1.807, 2.05) is 14.0 Å². The van der Waals surface area contributed by atoms with E-state index in [1.54, 1.807) is 0 Å². The molecule has 22 heavy (non-hydrogen) atoms. The zero-order chi connectivity index (χ0) is 15.9. The molecule has 132 valence electrons. The Hall–Kier alpha value is -0.530. The summed E-state index contributed by atoms with van der Waals surface area (Å²) < 4.78 is 4.90. The number of carbonyl (C=O) groups excluding carboxylic acids is 1. The van der Waals surface area contributed by atoms with Crippen molar-refractivity contribution in [3.05, 3.63) is 0 Å². The molecule has 0 saturated carbocycles. The van der Waals surface area contributed by atoms with E-state index < -0.39 is 0 Å². The van der Waals surface area contributed by atoms with Crippen molar-refractivity contribution >= 4 is 35.9 Å². The fourth-order valence-corrected chi connectivity index (χ4v) is 2.07. The van der Waals surface area contributed by atoms with Crippen LogP contribution in [0.3, 0.4) is 0 Å². The van der Waals surface area contributed by atoms with Crippen LogP contribution in [0.2, 0.25) is 0 Å². The summed E-state index contributed by atoms with van der Waals surface area (Å²) >= 11 is 0. The average Bonchev–Trinajstić information content (AvgIpc) is 2.48. The van der Waals surface area contributed by atoms with Crippen molar-refractivity contribution in [3.8, 4) is 0 Å². The van der Waals surface area contributed by atoms with E-state index in [1.165, 1.54) is 12.8 Å². The second kappa shape index (κ2) is 16.8. The van der Waals surface area contributed by atoms with Crippen LogP contribution in [-0.2, 0) is 9.53 Å². The van der Waals surface area contributed by atoms with E-state index in [-0.39, 0.29) is 29.9 Å². The SMILES string of the molecule is CCCCN(C)C(=NC)NCCCCCCC(=O)OCC.I. The molecule has 0 amide bonds. The van der Waals surface area contributed by atoms with Gasteiger partial charge in [0.15, 0.2) is 5.96 Å². The smallest absolute Gasteiger partial charge is 0.305 e. The highest BCUT2D eigenvalue weighted by atomic mass is 127. The minimum Gasteiger partial charge on any atom is -0.466 e. The van der Waals surface area contributed by atoms with E-state index in [2.05, 4.69) is 29.2 Å². The molecule has 0 aliphatic heterocycles. The number of hydrogen-bond acceptors (Lipinski definition) is 3. The van der Waals surface area contributed by atoms with Crippen molar-refractivity contribution in [1.82, 2.24) is 10.2 Å². The van der Waals surface area contributed by atoms with Crippen LogP contribution in [0.25, 0.3) is 0 Å². The molecule has 0 rings (SSSR count). The lowest BCUT2D eigenvalue weighted by Gasteiger charge is -2.21. The van der Waals surface area contributed by atoms with Crippen LogP contribution in [0.4, 0.5) is 0 Å². The summed E-state index contributed by atoms with van der Waals surface area (Å²) in [6.45, 7) is 6.49. The van der Waals surface area contributed by atoms with Gasteiger partial charge in [-0.1, -0.05) is 26.2 Å². The lowest BCUT2D eigenvalue weighted by Crippen LogP contribution is -2.39. The molecule has 0 spiro atoms. The Morgan fingerprint density at radius 3 is 2.41 bits per heavy atom. The molecule has 0 bridgehead atoms. The van der Waals surface area contributed by atoms with E-state index in [4.69, 9.17) is 4.74 Å². The van der Waals surface area contributed by atoms with Gasteiger partial charge in [-0.15, -0.1) is 24.0 Å². The number of aliphatic imine (C=N–C) groups is 1. The van der Waals surface area contributed by atoms with Gasteiger partial charge in [-0.2, -0.15) is 0 Å². The maximum Gasteiger partial charge on any atom is 0.305 e. The maximum atomic E-state index is 11.2. The highest BCUT2D eigenvalue weighted by Crippen LogP contribution is 2.03. The van der Waals surface area contributed by atoms with Gasteiger partial charge in [-0.3, -0.25) is 9.79 Å². The quantitative estimate of drug-likeness (QED) is 0.181. The van der Waals surface area contributed by atoms with E-state index in [0.29, 0.717) is 13.0 Å². The third-order valence-corrected chi connectivity index (χ3v) is 3.32. The highest BCUT2D eigenvalue weighted by Gasteiger charge is 2.04. The Morgan fingerprint density at radius 2 is 1.82 bits per heavy atom.